The summed E-state index contributed by atoms with van der Waals surface area (Å²) in [5, 5.41) is 9.12. The Morgan fingerprint density at radius 2 is 2.21 bits per heavy atom. The number of hydrogen-bond acceptors (Lipinski definition) is 3. The number of hydrogen-bond donors (Lipinski definition) is 1. The molecule has 0 aromatic heterocycles. The van der Waals surface area contributed by atoms with Crippen LogP contribution in [0.1, 0.15) is 24.5 Å². The molecule has 104 valence electrons. The van der Waals surface area contributed by atoms with E-state index in [0.717, 1.165) is 16.9 Å². The predicted octanol–water partition coefficient (Wildman–Crippen LogP) is 2.38. The van der Waals surface area contributed by atoms with Crippen molar-refractivity contribution in [2.45, 2.75) is 25.7 Å². The third-order valence-electron chi connectivity index (χ3n) is 3.80. The van der Waals surface area contributed by atoms with Gasteiger partial charge in [-0.3, -0.25) is 4.79 Å². The van der Waals surface area contributed by atoms with E-state index in [1.165, 1.54) is 0 Å². The highest BCUT2D eigenvalue weighted by Crippen LogP contribution is 2.43. The maximum Gasteiger partial charge on any atom is 0.306 e. The van der Waals surface area contributed by atoms with Gasteiger partial charge in [0.1, 0.15) is 5.75 Å². The molecule has 1 aliphatic rings. The van der Waals surface area contributed by atoms with Gasteiger partial charge in [-0.15, -0.1) is 0 Å². The Morgan fingerprint density at radius 1 is 1.53 bits per heavy atom. The van der Waals surface area contributed by atoms with Gasteiger partial charge in [0, 0.05) is 11.0 Å². The lowest BCUT2D eigenvalue weighted by Gasteiger charge is -2.43. The highest BCUT2D eigenvalue weighted by Gasteiger charge is 2.44. The molecule has 1 heterocycles. The Hall–Kier alpha value is -1.55. The van der Waals surface area contributed by atoms with Crippen molar-refractivity contribution in [2.75, 3.05) is 20.3 Å². The van der Waals surface area contributed by atoms with Crippen LogP contribution in [0, 0.1) is 12.8 Å². The highest BCUT2D eigenvalue weighted by molar-refractivity contribution is 5.69. The minimum absolute atomic E-state index is 0.227. The molecule has 1 aromatic rings. The largest absolute Gasteiger partial charge is 0.496 e. The number of carbonyl (C=O) groups is 1. The lowest BCUT2D eigenvalue weighted by Crippen LogP contribution is -2.48. The SMILES string of the molecule is COc1ccc(C)cc1C1(CC(C)C(=O)O)COC1. The molecule has 1 N–H and O–H groups in total. The van der Waals surface area contributed by atoms with Crippen LogP contribution < -0.4 is 4.74 Å². The number of benzene rings is 1. The van der Waals surface area contributed by atoms with Crippen LogP contribution in [0.25, 0.3) is 0 Å². The topological polar surface area (TPSA) is 55.8 Å². The molecule has 1 saturated heterocycles. The van der Waals surface area contributed by atoms with E-state index in [9.17, 15) is 4.79 Å². The van der Waals surface area contributed by atoms with Crippen LogP contribution in [0.15, 0.2) is 18.2 Å². The van der Waals surface area contributed by atoms with Gasteiger partial charge in [-0.25, -0.2) is 0 Å². The Kier molecular flexibility index (Phi) is 3.80. The average molecular weight is 264 g/mol. The van der Waals surface area contributed by atoms with Crippen molar-refractivity contribution in [1.29, 1.82) is 0 Å². The van der Waals surface area contributed by atoms with E-state index >= 15 is 0 Å². The molecule has 0 radical (unpaired) electrons. The zero-order valence-corrected chi connectivity index (χ0v) is 11.6. The van der Waals surface area contributed by atoms with Crippen molar-refractivity contribution < 1.29 is 19.4 Å². The second kappa shape index (κ2) is 5.21. The molecular weight excluding hydrogens is 244 g/mol. The first-order valence-corrected chi connectivity index (χ1v) is 6.44. The summed E-state index contributed by atoms with van der Waals surface area (Å²) in [7, 11) is 1.64. The van der Waals surface area contributed by atoms with Crippen LogP contribution in [0.5, 0.6) is 5.75 Å². The Morgan fingerprint density at radius 3 is 2.68 bits per heavy atom. The third-order valence-corrected chi connectivity index (χ3v) is 3.80. The normalized spacial score (nSPS) is 18.5. The molecule has 0 saturated carbocycles. The summed E-state index contributed by atoms with van der Waals surface area (Å²) in [6, 6.07) is 6.02. The molecule has 19 heavy (non-hydrogen) atoms. The van der Waals surface area contributed by atoms with E-state index in [2.05, 4.69) is 6.07 Å². The molecule has 1 aromatic carbocycles. The lowest BCUT2D eigenvalue weighted by molar-refractivity contribution is -0.144. The van der Waals surface area contributed by atoms with E-state index in [-0.39, 0.29) is 5.41 Å². The second-order valence-corrected chi connectivity index (χ2v) is 5.42. The minimum Gasteiger partial charge on any atom is -0.496 e. The monoisotopic (exact) mass is 264 g/mol. The van der Waals surface area contributed by atoms with Crippen LogP contribution in [0.2, 0.25) is 0 Å². The lowest BCUT2D eigenvalue weighted by atomic mass is 9.72. The van der Waals surface area contributed by atoms with Crippen molar-refractivity contribution >= 4 is 5.97 Å². The minimum atomic E-state index is -0.766. The summed E-state index contributed by atoms with van der Waals surface area (Å²) in [4.78, 5) is 11.1. The molecule has 0 aliphatic carbocycles. The molecule has 0 spiro atoms. The van der Waals surface area contributed by atoms with E-state index in [1.54, 1.807) is 14.0 Å². The molecule has 1 atom stereocenters. The van der Waals surface area contributed by atoms with Gasteiger partial charge < -0.3 is 14.6 Å². The molecule has 1 aliphatic heterocycles. The average Bonchev–Trinajstić information content (AvgIpc) is 2.33. The van der Waals surface area contributed by atoms with E-state index in [0.29, 0.717) is 19.6 Å². The van der Waals surface area contributed by atoms with Crippen molar-refractivity contribution in [1.82, 2.24) is 0 Å². The third kappa shape index (κ3) is 2.59. The maximum atomic E-state index is 11.1. The van der Waals surface area contributed by atoms with Crippen LogP contribution >= 0.6 is 0 Å². The van der Waals surface area contributed by atoms with Gasteiger partial charge in [-0.05, 0) is 19.4 Å². The number of rotatable bonds is 5. The van der Waals surface area contributed by atoms with Gasteiger partial charge in [0.2, 0.25) is 0 Å². The quantitative estimate of drug-likeness (QED) is 0.887. The first-order chi connectivity index (χ1) is 8.98. The molecule has 4 heteroatoms. The van der Waals surface area contributed by atoms with Gasteiger partial charge in [0.05, 0.1) is 26.2 Å². The smallest absolute Gasteiger partial charge is 0.306 e. The van der Waals surface area contributed by atoms with E-state index in [4.69, 9.17) is 14.6 Å². The second-order valence-electron chi connectivity index (χ2n) is 5.42. The molecule has 1 unspecified atom stereocenters. The van der Waals surface area contributed by atoms with Crippen LogP contribution in [0.3, 0.4) is 0 Å². The zero-order chi connectivity index (χ0) is 14.0. The molecule has 1 fully saturated rings. The van der Waals surface area contributed by atoms with Gasteiger partial charge in [-0.2, -0.15) is 0 Å². The van der Waals surface area contributed by atoms with Crippen molar-refractivity contribution in [3.8, 4) is 5.75 Å². The molecule has 4 nitrogen and oxygen atoms in total. The Labute approximate surface area is 113 Å². The fourth-order valence-electron chi connectivity index (χ4n) is 2.64. The Bertz CT molecular complexity index is 477. The summed E-state index contributed by atoms with van der Waals surface area (Å²) in [5.74, 6) is -0.349. The number of aryl methyl sites for hydroxylation is 1. The van der Waals surface area contributed by atoms with Crippen molar-refractivity contribution in [3.63, 3.8) is 0 Å². The molecule has 0 bridgehead atoms. The fourth-order valence-corrected chi connectivity index (χ4v) is 2.64. The summed E-state index contributed by atoms with van der Waals surface area (Å²) >= 11 is 0. The van der Waals surface area contributed by atoms with Gasteiger partial charge >= 0.3 is 5.97 Å². The summed E-state index contributed by atoms with van der Waals surface area (Å²) in [5.41, 5.74) is 1.98. The number of methoxy groups -OCH3 is 1. The van der Waals surface area contributed by atoms with Gasteiger partial charge in [0.15, 0.2) is 0 Å². The summed E-state index contributed by atoms with van der Waals surface area (Å²) < 4.78 is 10.8. The van der Waals surface area contributed by atoms with E-state index in [1.807, 2.05) is 19.1 Å². The van der Waals surface area contributed by atoms with Crippen LogP contribution in [-0.2, 0) is 14.9 Å². The zero-order valence-electron chi connectivity index (χ0n) is 11.6. The molecular formula is C15H20O4. The Balaban J connectivity index is 2.35. The fraction of sp³-hybridized carbons (Fsp3) is 0.533. The number of aliphatic carboxylic acids is 1. The number of ether oxygens (including phenoxy) is 2. The van der Waals surface area contributed by atoms with Crippen LogP contribution in [0.4, 0.5) is 0 Å². The standard InChI is InChI=1S/C15H20O4/c1-10-4-5-13(18-3)12(6-10)15(8-19-9-15)7-11(2)14(16)17/h4-6,11H,7-9H2,1-3H3,(H,16,17). The molecule has 2 rings (SSSR count). The first-order valence-electron chi connectivity index (χ1n) is 6.44. The van der Waals surface area contributed by atoms with Gasteiger partial charge in [0.25, 0.3) is 0 Å². The van der Waals surface area contributed by atoms with Gasteiger partial charge in [-0.1, -0.05) is 24.6 Å². The van der Waals surface area contributed by atoms with Crippen molar-refractivity contribution in [3.05, 3.63) is 29.3 Å². The summed E-state index contributed by atoms with van der Waals surface area (Å²) in [6.07, 6.45) is 0.572. The van der Waals surface area contributed by atoms with Crippen molar-refractivity contribution in [2.24, 2.45) is 5.92 Å². The predicted molar refractivity (Wildman–Crippen MR) is 71.6 cm³/mol. The number of carboxylic acid groups (broad SMARTS) is 1. The summed E-state index contributed by atoms with van der Waals surface area (Å²) in [6.45, 7) is 4.89. The highest BCUT2D eigenvalue weighted by atomic mass is 16.5. The maximum absolute atomic E-state index is 11.1. The first kappa shape index (κ1) is 13.9. The van der Waals surface area contributed by atoms with E-state index < -0.39 is 11.9 Å². The van der Waals surface area contributed by atoms with Crippen LogP contribution in [-0.4, -0.2) is 31.4 Å². The number of carboxylic acids is 1. The molecule has 0 amide bonds.